The van der Waals surface area contributed by atoms with E-state index in [9.17, 15) is 0 Å². The van der Waals surface area contributed by atoms with Crippen molar-refractivity contribution in [1.29, 1.82) is 0 Å². The summed E-state index contributed by atoms with van der Waals surface area (Å²) >= 11 is 0. The van der Waals surface area contributed by atoms with Gasteiger partial charge in [-0.1, -0.05) is 0 Å². The zero-order chi connectivity index (χ0) is 10.3. The molecule has 0 aliphatic rings. The van der Waals surface area contributed by atoms with Gasteiger partial charge >= 0.3 is 8.80 Å². The average Bonchev–Trinajstić information content (AvgIpc) is 2.20. The fourth-order valence-electron chi connectivity index (χ4n) is 1.09. The topological polar surface area (TPSA) is 39.7 Å². The van der Waals surface area contributed by atoms with Gasteiger partial charge in [0.25, 0.3) is 0 Å². The lowest BCUT2D eigenvalue weighted by atomic mass is 10.3. The molecule has 0 rings (SSSR count). The summed E-state index contributed by atoms with van der Waals surface area (Å²) in [5, 5.41) is 3.17. The van der Waals surface area contributed by atoms with Crippen molar-refractivity contribution in [3.8, 4) is 0 Å². The normalized spacial score (nSPS) is 14.5. The predicted molar refractivity (Wildman–Crippen MR) is 54.7 cm³/mol. The highest BCUT2D eigenvalue weighted by molar-refractivity contribution is 6.60. The quantitative estimate of drug-likeness (QED) is 0.629. The molecule has 0 saturated carbocycles. The molecule has 0 bridgehead atoms. The molecule has 1 unspecified atom stereocenters. The first-order valence-electron chi connectivity index (χ1n) is 4.46. The van der Waals surface area contributed by atoms with Crippen LogP contribution in [0.3, 0.4) is 0 Å². The molecule has 0 aromatic carbocycles. The summed E-state index contributed by atoms with van der Waals surface area (Å²) in [5.41, 5.74) is 0. The minimum Gasteiger partial charge on any atom is -0.377 e. The van der Waals surface area contributed by atoms with Gasteiger partial charge in [0.15, 0.2) is 0 Å². The van der Waals surface area contributed by atoms with Crippen molar-refractivity contribution in [1.82, 2.24) is 5.32 Å². The summed E-state index contributed by atoms with van der Waals surface area (Å²) in [6.07, 6.45) is 0.998. The molecule has 0 saturated heterocycles. The molecular weight excluding hydrogens is 186 g/mol. The summed E-state index contributed by atoms with van der Waals surface area (Å²) in [6.45, 7) is 2.13. The number of nitrogens with one attached hydrogen (secondary N) is 1. The molecule has 80 valence electrons. The van der Waals surface area contributed by atoms with E-state index in [2.05, 4.69) is 12.2 Å². The molecule has 1 N–H and O–H groups in total. The first-order chi connectivity index (χ1) is 6.14. The highest BCUT2D eigenvalue weighted by Gasteiger charge is 2.37. The van der Waals surface area contributed by atoms with Crippen molar-refractivity contribution in [3.63, 3.8) is 0 Å². The van der Waals surface area contributed by atoms with Crippen LogP contribution in [0.2, 0.25) is 6.04 Å². The lowest BCUT2D eigenvalue weighted by Crippen LogP contribution is -2.43. The molecule has 0 aliphatic heterocycles. The summed E-state index contributed by atoms with van der Waals surface area (Å²) in [7, 11) is 4.53. The smallest absolute Gasteiger partial charge is 0.377 e. The molecule has 5 heteroatoms. The van der Waals surface area contributed by atoms with E-state index in [1.165, 1.54) is 0 Å². The first-order valence-corrected chi connectivity index (χ1v) is 6.40. The van der Waals surface area contributed by atoms with Crippen molar-refractivity contribution < 1.29 is 13.3 Å². The lowest BCUT2D eigenvalue weighted by molar-refractivity contribution is 0.122. The Labute approximate surface area is 81.9 Å². The summed E-state index contributed by atoms with van der Waals surface area (Å²) in [5.74, 6) is 0. The van der Waals surface area contributed by atoms with E-state index in [1.54, 1.807) is 21.3 Å². The van der Waals surface area contributed by atoms with Crippen LogP contribution in [0.5, 0.6) is 0 Å². The second-order valence-electron chi connectivity index (χ2n) is 3.02. The van der Waals surface area contributed by atoms with Crippen LogP contribution in [0, 0.1) is 0 Å². The fraction of sp³-hybridized carbons (Fsp3) is 1.00. The van der Waals surface area contributed by atoms with Crippen molar-refractivity contribution >= 4 is 8.80 Å². The Morgan fingerprint density at radius 2 is 1.62 bits per heavy atom. The van der Waals surface area contributed by atoms with Crippen LogP contribution in [0.15, 0.2) is 0 Å². The van der Waals surface area contributed by atoms with E-state index in [0.29, 0.717) is 6.04 Å². The second kappa shape index (κ2) is 6.50. The molecule has 0 aromatic heterocycles. The molecule has 0 fully saturated rings. The molecule has 1 atom stereocenters. The first kappa shape index (κ1) is 13.1. The highest BCUT2D eigenvalue weighted by Crippen LogP contribution is 2.15. The maximum absolute atomic E-state index is 5.30. The SMILES string of the molecule is CNC(C)CC[Si](OC)(OC)OC. The van der Waals surface area contributed by atoms with Gasteiger partial charge in [-0.3, -0.25) is 0 Å². The molecule has 13 heavy (non-hydrogen) atoms. The van der Waals surface area contributed by atoms with Crippen LogP contribution in [-0.2, 0) is 13.3 Å². The predicted octanol–water partition coefficient (Wildman–Crippen LogP) is 0.862. The Hall–Kier alpha value is 0.0569. The van der Waals surface area contributed by atoms with Gasteiger partial charge in [0.2, 0.25) is 0 Å². The average molecular weight is 207 g/mol. The van der Waals surface area contributed by atoms with Crippen molar-refractivity contribution in [2.75, 3.05) is 28.4 Å². The molecule has 0 radical (unpaired) electrons. The molecule has 0 amide bonds. The van der Waals surface area contributed by atoms with Gasteiger partial charge in [-0.15, -0.1) is 0 Å². The Morgan fingerprint density at radius 3 is 1.92 bits per heavy atom. The third kappa shape index (κ3) is 4.19. The van der Waals surface area contributed by atoms with Gasteiger partial charge in [0, 0.05) is 33.4 Å². The van der Waals surface area contributed by atoms with Gasteiger partial charge in [-0.05, 0) is 20.4 Å². The van der Waals surface area contributed by atoms with Gasteiger partial charge in [0.05, 0.1) is 0 Å². The molecule has 0 aromatic rings. The molecular formula is C8H21NO3Si. The van der Waals surface area contributed by atoms with Crippen molar-refractivity contribution in [3.05, 3.63) is 0 Å². The van der Waals surface area contributed by atoms with Crippen LogP contribution in [0.1, 0.15) is 13.3 Å². The van der Waals surface area contributed by atoms with E-state index in [0.717, 1.165) is 12.5 Å². The minimum atomic E-state index is -2.34. The summed E-state index contributed by atoms with van der Waals surface area (Å²) in [6, 6.07) is 1.31. The zero-order valence-corrected chi connectivity index (χ0v) is 10.2. The lowest BCUT2D eigenvalue weighted by Gasteiger charge is -2.25. The minimum absolute atomic E-state index is 0.465. The Morgan fingerprint density at radius 1 is 1.15 bits per heavy atom. The Balaban J connectivity index is 3.95. The van der Waals surface area contributed by atoms with Gasteiger partial charge < -0.3 is 18.6 Å². The number of rotatable bonds is 7. The molecule has 0 aliphatic carbocycles. The monoisotopic (exact) mass is 207 g/mol. The van der Waals surface area contributed by atoms with Gasteiger partial charge in [0.1, 0.15) is 0 Å². The summed E-state index contributed by atoms with van der Waals surface area (Å²) < 4.78 is 15.9. The van der Waals surface area contributed by atoms with E-state index in [-0.39, 0.29) is 0 Å². The zero-order valence-electron chi connectivity index (χ0n) is 9.22. The van der Waals surface area contributed by atoms with E-state index in [1.807, 2.05) is 7.05 Å². The van der Waals surface area contributed by atoms with E-state index in [4.69, 9.17) is 13.3 Å². The van der Waals surface area contributed by atoms with Crippen LogP contribution in [0.4, 0.5) is 0 Å². The number of hydrogen-bond acceptors (Lipinski definition) is 4. The van der Waals surface area contributed by atoms with Gasteiger partial charge in [-0.25, -0.2) is 0 Å². The Kier molecular flexibility index (Phi) is 6.53. The van der Waals surface area contributed by atoms with Crippen molar-refractivity contribution in [2.45, 2.75) is 25.4 Å². The molecule has 0 spiro atoms. The highest BCUT2D eigenvalue weighted by atomic mass is 28.4. The van der Waals surface area contributed by atoms with Gasteiger partial charge in [-0.2, -0.15) is 0 Å². The second-order valence-corrected chi connectivity index (χ2v) is 6.11. The van der Waals surface area contributed by atoms with Crippen LogP contribution in [0.25, 0.3) is 0 Å². The molecule has 0 heterocycles. The maximum atomic E-state index is 5.30. The third-order valence-electron chi connectivity index (χ3n) is 2.31. The van der Waals surface area contributed by atoms with Crippen LogP contribution < -0.4 is 5.32 Å². The Bertz CT molecular complexity index is 122. The van der Waals surface area contributed by atoms with E-state index >= 15 is 0 Å². The largest absolute Gasteiger partial charge is 0.500 e. The third-order valence-corrected chi connectivity index (χ3v) is 5.08. The standard InChI is InChI=1S/C8H21NO3Si/c1-8(9-2)6-7-13(10-3,11-4)12-5/h8-9H,6-7H2,1-5H3. The molecule has 4 nitrogen and oxygen atoms in total. The summed E-state index contributed by atoms with van der Waals surface area (Å²) in [4.78, 5) is 0. The number of hydrogen-bond donors (Lipinski definition) is 1. The van der Waals surface area contributed by atoms with Crippen LogP contribution in [-0.4, -0.2) is 43.2 Å². The van der Waals surface area contributed by atoms with E-state index < -0.39 is 8.80 Å². The fourth-order valence-corrected chi connectivity index (χ4v) is 2.99. The van der Waals surface area contributed by atoms with Crippen LogP contribution >= 0.6 is 0 Å². The maximum Gasteiger partial charge on any atom is 0.500 e. The van der Waals surface area contributed by atoms with Crippen molar-refractivity contribution in [2.24, 2.45) is 0 Å².